The van der Waals surface area contributed by atoms with Crippen molar-refractivity contribution in [3.8, 4) is 11.5 Å². The zero-order valence-electron chi connectivity index (χ0n) is 13.9. The van der Waals surface area contributed by atoms with E-state index in [2.05, 4.69) is 0 Å². The lowest BCUT2D eigenvalue weighted by molar-refractivity contribution is -0.148. The Bertz CT molecular complexity index is 810. The van der Waals surface area contributed by atoms with Gasteiger partial charge in [-0.3, -0.25) is 4.79 Å². The summed E-state index contributed by atoms with van der Waals surface area (Å²) >= 11 is 5.83. The van der Waals surface area contributed by atoms with E-state index in [1.807, 2.05) is 18.2 Å². The van der Waals surface area contributed by atoms with Crippen LogP contribution in [0.15, 0.2) is 42.5 Å². The number of para-hydroxylation sites is 1. The number of rotatable bonds is 5. The third-order valence-corrected chi connectivity index (χ3v) is 4.31. The minimum absolute atomic E-state index is 0. The lowest BCUT2D eigenvalue weighted by Gasteiger charge is -2.24. The number of benzene rings is 2. The van der Waals surface area contributed by atoms with E-state index in [0.29, 0.717) is 30.3 Å². The highest BCUT2D eigenvalue weighted by Gasteiger charge is 2.35. The van der Waals surface area contributed by atoms with E-state index < -0.39 is 12.1 Å². The predicted molar refractivity (Wildman–Crippen MR) is 101 cm³/mol. The number of carbonyl (C=O) groups is 2. The van der Waals surface area contributed by atoms with Gasteiger partial charge in [-0.15, -0.1) is 24.0 Å². The van der Waals surface area contributed by atoms with Crippen molar-refractivity contribution in [2.24, 2.45) is 5.73 Å². The summed E-state index contributed by atoms with van der Waals surface area (Å²) in [4.78, 5) is 24.8. The minimum atomic E-state index is -1.27. The molecule has 3 rings (SSSR count). The van der Waals surface area contributed by atoms with E-state index in [1.165, 1.54) is 0 Å². The van der Waals surface area contributed by atoms with Gasteiger partial charge in [0.05, 0.1) is 0 Å². The standard InChI is InChI=1S/C19H18ClNO4.ClH/c20-11-12-5-6-14-10-15(22)18(24-17(14)9-12)19(23)25-16-4-2-1-3-13(16)7-8-21;/h1-6,9,18H,7-8,10-11,21H2;1H. The second-order valence-electron chi connectivity index (χ2n) is 5.78. The number of ketones is 1. The molecular weight excluding hydrogens is 377 g/mol. The maximum Gasteiger partial charge on any atom is 0.360 e. The van der Waals surface area contributed by atoms with Crippen LogP contribution in [0.3, 0.4) is 0 Å². The highest BCUT2D eigenvalue weighted by Crippen LogP contribution is 2.29. The van der Waals surface area contributed by atoms with Crippen molar-refractivity contribution in [2.75, 3.05) is 6.54 Å². The molecule has 0 saturated heterocycles. The van der Waals surface area contributed by atoms with Gasteiger partial charge in [0.15, 0.2) is 5.78 Å². The molecule has 1 aliphatic heterocycles. The van der Waals surface area contributed by atoms with Gasteiger partial charge in [-0.2, -0.15) is 0 Å². The number of halogens is 2. The molecule has 0 saturated carbocycles. The Kier molecular flexibility index (Phi) is 7.03. The molecule has 1 atom stereocenters. The van der Waals surface area contributed by atoms with E-state index in [0.717, 1.165) is 16.7 Å². The van der Waals surface area contributed by atoms with Gasteiger partial charge in [0, 0.05) is 17.9 Å². The number of ether oxygens (including phenoxy) is 2. The summed E-state index contributed by atoms with van der Waals surface area (Å²) in [6.45, 7) is 0.433. The molecule has 0 radical (unpaired) electrons. The minimum Gasteiger partial charge on any atom is -0.470 e. The van der Waals surface area contributed by atoms with Crippen molar-refractivity contribution in [2.45, 2.75) is 24.8 Å². The van der Waals surface area contributed by atoms with Crippen molar-refractivity contribution in [1.29, 1.82) is 0 Å². The van der Waals surface area contributed by atoms with Gasteiger partial charge in [0.25, 0.3) is 6.10 Å². The molecule has 0 fully saturated rings. The molecule has 26 heavy (non-hydrogen) atoms. The van der Waals surface area contributed by atoms with Crippen LogP contribution >= 0.6 is 24.0 Å². The van der Waals surface area contributed by atoms with E-state index >= 15 is 0 Å². The molecule has 0 aromatic heterocycles. The molecule has 7 heteroatoms. The Balaban J connectivity index is 0.00000243. The van der Waals surface area contributed by atoms with Gasteiger partial charge in [-0.05, 0) is 36.2 Å². The number of alkyl halides is 1. The van der Waals surface area contributed by atoms with Crippen LogP contribution in [0.2, 0.25) is 0 Å². The number of hydrogen-bond donors (Lipinski definition) is 1. The number of fused-ring (bicyclic) bond motifs is 1. The van der Waals surface area contributed by atoms with Crippen LogP contribution in [0, 0.1) is 0 Å². The van der Waals surface area contributed by atoms with Gasteiger partial charge in [0.1, 0.15) is 11.5 Å². The fourth-order valence-electron chi connectivity index (χ4n) is 2.72. The molecule has 2 N–H and O–H groups in total. The summed E-state index contributed by atoms with van der Waals surface area (Å²) in [5.74, 6) is 0.167. The Morgan fingerprint density at radius 1 is 1.27 bits per heavy atom. The van der Waals surface area contributed by atoms with Crippen LogP contribution in [-0.4, -0.2) is 24.4 Å². The molecule has 138 valence electrons. The maximum absolute atomic E-state index is 12.5. The zero-order valence-corrected chi connectivity index (χ0v) is 15.5. The van der Waals surface area contributed by atoms with Gasteiger partial charge >= 0.3 is 5.97 Å². The summed E-state index contributed by atoms with van der Waals surface area (Å²) in [6, 6.07) is 12.5. The monoisotopic (exact) mass is 395 g/mol. The summed E-state index contributed by atoms with van der Waals surface area (Å²) < 4.78 is 11.0. The highest BCUT2D eigenvalue weighted by atomic mass is 35.5. The summed E-state index contributed by atoms with van der Waals surface area (Å²) in [7, 11) is 0. The Morgan fingerprint density at radius 3 is 2.77 bits per heavy atom. The molecule has 0 aliphatic carbocycles. The number of hydrogen-bond acceptors (Lipinski definition) is 5. The molecule has 0 bridgehead atoms. The SMILES string of the molecule is Cl.NCCc1ccccc1OC(=O)C1Oc2cc(CCl)ccc2CC1=O. The summed E-state index contributed by atoms with van der Waals surface area (Å²) in [5.41, 5.74) is 7.99. The van der Waals surface area contributed by atoms with Crippen molar-refractivity contribution in [3.05, 3.63) is 59.2 Å². The van der Waals surface area contributed by atoms with Crippen LogP contribution in [0.25, 0.3) is 0 Å². The fourth-order valence-corrected chi connectivity index (χ4v) is 2.88. The van der Waals surface area contributed by atoms with Crippen LogP contribution in [-0.2, 0) is 28.3 Å². The fraction of sp³-hybridized carbons (Fsp3) is 0.263. The normalized spacial score (nSPS) is 15.5. The Hall–Kier alpha value is -2.08. The number of carbonyl (C=O) groups excluding carboxylic acids is 2. The first-order valence-corrected chi connectivity index (χ1v) is 8.52. The zero-order chi connectivity index (χ0) is 17.8. The molecule has 1 heterocycles. The lowest BCUT2D eigenvalue weighted by Crippen LogP contribution is -2.42. The van der Waals surface area contributed by atoms with Gasteiger partial charge in [-0.25, -0.2) is 4.79 Å². The predicted octanol–water partition coefficient (Wildman–Crippen LogP) is 2.83. The maximum atomic E-state index is 12.5. The van der Waals surface area contributed by atoms with E-state index in [1.54, 1.807) is 24.3 Å². The van der Waals surface area contributed by atoms with Crippen LogP contribution in [0.4, 0.5) is 0 Å². The average Bonchev–Trinajstić information content (AvgIpc) is 2.62. The molecule has 2 aromatic rings. The first-order valence-electron chi connectivity index (χ1n) is 7.99. The second kappa shape index (κ2) is 9.03. The molecule has 5 nitrogen and oxygen atoms in total. The van der Waals surface area contributed by atoms with Crippen molar-refractivity contribution in [1.82, 2.24) is 0 Å². The third-order valence-electron chi connectivity index (χ3n) is 4.00. The average molecular weight is 396 g/mol. The highest BCUT2D eigenvalue weighted by molar-refractivity contribution is 6.17. The van der Waals surface area contributed by atoms with E-state index in [-0.39, 0.29) is 24.6 Å². The molecule has 0 spiro atoms. The molecule has 2 aromatic carbocycles. The second-order valence-corrected chi connectivity index (χ2v) is 6.05. The van der Waals surface area contributed by atoms with Gasteiger partial charge in [-0.1, -0.05) is 30.3 Å². The first-order chi connectivity index (χ1) is 12.1. The molecule has 0 amide bonds. The first kappa shape index (κ1) is 20.2. The molecular formula is C19H19Cl2NO4. The number of Topliss-reactive ketones (excluding diaryl/α,β-unsaturated/α-hetero) is 1. The van der Waals surface area contributed by atoms with E-state index in [4.69, 9.17) is 26.8 Å². The Morgan fingerprint density at radius 2 is 2.04 bits per heavy atom. The summed E-state index contributed by atoms with van der Waals surface area (Å²) in [5, 5.41) is 0. The lowest BCUT2D eigenvalue weighted by atomic mass is 9.99. The quantitative estimate of drug-likeness (QED) is 0.364. The third kappa shape index (κ3) is 4.36. The van der Waals surface area contributed by atoms with Crippen molar-refractivity contribution < 1.29 is 19.1 Å². The van der Waals surface area contributed by atoms with Crippen molar-refractivity contribution in [3.63, 3.8) is 0 Å². The number of nitrogens with two attached hydrogens (primary N) is 1. The Labute approximate surface area is 162 Å². The van der Waals surface area contributed by atoms with Crippen LogP contribution < -0.4 is 15.2 Å². The van der Waals surface area contributed by atoms with Gasteiger partial charge < -0.3 is 15.2 Å². The van der Waals surface area contributed by atoms with Gasteiger partial charge in [0.2, 0.25) is 0 Å². The topological polar surface area (TPSA) is 78.6 Å². The largest absolute Gasteiger partial charge is 0.470 e. The van der Waals surface area contributed by atoms with Crippen LogP contribution in [0.5, 0.6) is 11.5 Å². The molecule has 1 aliphatic rings. The van der Waals surface area contributed by atoms with E-state index in [9.17, 15) is 9.59 Å². The number of esters is 1. The summed E-state index contributed by atoms with van der Waals surface area (Å²) in [6.07, 6.45) is -0.573. The smallest absolute Gasteiger partial charge is 0.360 e. The van der Waals surface area contributed by atoms with Crippen LogP contribution in [0.1, 0.15) is 16.7 Å². The molecule has 1 unspecified atom stereocenters. The van der Waals surface area contributed by atoms with Crippen molar-refractivity contribution >= 4 is 35.8 Å².